The Kier molecular flexibility index (Phi) is 5.41. The number of imidazole rings is 1. The van der Waals surface area contributed by atoms with Gasteiger partial charge in [0.15, 0.2) is 11.5 Å². The molecule has 1 aliphatic heterocycles. The molecule has 5 aromatic rings. The maximum absolute atomic E-state index is 6.46. The molecule has 186 valence electrons. The van der Waals surface area contributed by atoms with Crippen molar-refractivity contribution in [2.24, 2.45) is 0 Å². The lowest BCUT2D eigenvalue weighted by Gasteiger charge is -2.44. The molecule has 0 unspecified atom stereocenters. The second-order valence-electron chi connectivity index (χ2n) is 10.5. The number of aromatic amines is 1. The predicted octanol–water partition coefficient (Wildman–Crippen LogP) is 4.11. The van der Waals surface area contributed by atoms with Crippen LogP contribution in [0.15, 0.2) is 73.1 Å². The lowest BCUT2D eigenvalue weighted by molar-refractivity contribution is -0.524. The summed E-state index contributed by atoms with van der Waals surface area (Å²) in [5, 5.41) is 1.12. The van der Waals surface area contributed by atoms with E-state index in [1.165, 1.54) is 31.8 Å². The average Bonchev–Trinajstić information content (AvgIpc) is 3.29. The van der Waals surface area contributed by atoms with E-state index in [-0.39, 0.29) is 0 Å². The van der Waals surface area contributed by atoms with Crippen LogP contribution in [0.2, 0.25) is 0 Å². The first-order chi connectivity index (χ1) is 18.1. The highest BCUT2D eigenvalue weighted by Crippen LogP contribution is 2.40. The van der Waals surface area contributed by atoms with E-state index in [0.29, 0.717) is 17.8 Å². The normalized spacial score (nSPS) is 20.9. The van der Waals surface area contributed by atoms with E-state index in [0.717, 1.165) is 52.0 Å². The van der Waals surface area contributed by atoms with Crippen molar-refractivity contribution in [3.05, 3.63) is 78.9 Å². The molecule has 4 heterocycles. The van der Waals surface area contributed by atoms with Crippen LogP contribution in [-0.2, 0) is 0 Å². The third kappa shape index (κ3) is 3.95. The van der Waals surface area contributed by atoms with Gasteiger partial charge in [-0.25, -0.2) is 15.0 Å². The zero-order valence-electron chi connectivity index (χ0n) is 21.1. The van der Waals surface area contributed by atoms with Gasteiger partial charge in [-0.3, -0.25) is 4.90 Å². The molecule has 7 nitrogen and oxygen atoms in total. The summed E-state index contributed by atoms with van der Waals surface area (Å²) in [6, 6.07) is 21.7. The highest BCUT2D eigenvalue weighted by molar-refractivity contribution is 5.89. The summed E-state index contributed by atoms with van der Waals surface area (Å²) in [6.07, 6.45) is 6.19. The Morgan fingerprint density at radius 3 is 2.54 bits per heavy atom. The van der Waals surface area contributed by atoms with Crippen molar-refractivity contribution in [2.45, 2.75) is 24.8 Å². The molecule has 1 saturated carbocycles. The fourth-order valence-corrected chi connectivity index (χ4v) is 5.98. The van der Waals surface area contributed by atoms with Crippen molar-refractivity contribution in [3.8, 4) is 22.5 Å². The Bertz CT molecular complexity index is 1580. The van der Waals surface area contributed by atoms with E-state index >= 15 is 0 Å². The summed E-state index contributed by atoms with van der Waals surface area (Å²) in [4.78, 5) is 18.3. The number of fused-ring (bicyclic) bond motifs is 2. The molecule has 2 aliphatic rings. The monoisotopic (exact) mass is 490 g/mol. The number of aromatic nitrogens is 4. The Morgan fingerprint density at radius 1 is 0.946 bits per heavy atom. The number of piperazine rings is 1. The molecule has 3 aromatic heterocycles. The Hall–Kier alpha value is -3.81. The van der Waals surface area contributed by atoms with Gasteiger partial charge in [-0.1, -0.05) is 42.5 Å². The zero-order chi connectivity index (χ0) is 24.9. The summed E-state index contributed by atoms with van der Waals surface area (Å²) >= 11 is 0. The standard InChI is InChI=1S/C30H31N7/c1-35-13-15-36(16-14-35)24-17-23(18-24)30-34-27(28-29(31)32-11-12-37(28)30)22-8-7-21-9-10-25(33-26(21)19-22)20-5-3-2-4-6-20/h2-12,19,23-24H,13-18H2,1H3,(H2,31,32)/p+1. The highest BCUT2D eigenvalue weighted by atomic mass is 15.3. The van der Waals surface area contributed by atoms with E-state index in [1.807, 2.05) is 24.4 Å². The third-order valence-electron chi connectivity index (χ3n) is 8.27. The van der Waals surface area contributed by atoms with Gasteiger partial charge in [-0.2, -0.15) is 4.40 Å². The molecule has 1 saturated heterocycles. The van der Waals surface area contributed by atoms with E-state index in [4.69, 9.17) is 10.7 Å². The number of nitrogens with two attached hydrogens (primary N) is 1. The molecule has 1 aliphatic carbocycles. The van der Waals surface area contributed by atoms with Gasteiger partial charge >= 0.3 is 0 Å². The first kappa shape index (κ1) is 22.4. The lowest BCUT2D eigenvalue weighted by atomic mass is 9.78. The number of nitrogens with zero attached hydrogens (tertiary/aromatic N) is 5. The molecule has 2 aromatic carbocycles. The minimum Gasteiger partial charge on any atom is -0.380 e. The highest BCUT2D eigenvalue weighted by Gasteiger charge is 2.41. The molecule has 0 amide bonds. The maximum Gasteiger partial charge on any atom is 0.263 e. The van der Waals surface area contributed by atoms with Gasteiger partial charge in [-0.05, 0) is 38.1 Å². The number of rotatable bonds is 4. The predicted molar refractivity (Wildman–Crippen MR) is 147 cm³/mol. The van der Waals surface area contributed by atoms with Crippen molar-refractivity contribution in [1.29, 1.82) is 0 Å². The maximum atomic E-state index is 6.46. The number of hydrogen-bond acceptors (Lipinski definition) is 5. The number of anilines is 1. The van der Waals surface area contributed by atoms with Crippen LogP contribution in [0.1, 0.15) is 24.6 Å². The lowest BCUT2D eigenvalue weighted by Crippen LogP contribution is -2.53. The molecule has 37 heavy (non-hydrogen) atoms. The molecule has 7 heteroatoms. The van der Waals surface area contributed by atoms with Crippen molar-refractivity contribution >= 4 is 22.2 Å². The van der Waals surface area contributed by atoms with Gasteiger partial charge < -0.3 is 10.6 Å². The number of benzene rings is 2. The quantitative estimate of drug-likeness (QED) is 0.371. The Labute approximate surface area is 216 Å². The van der Waals surface area contributed by atoms with E-state index < -0.39 is 0 Å². The van der Waals surface area contributed by atoms with Gasteiger partial charge in [0.25, 0.3) is 5.82 Å². The molecule has 0 atom stereocenters. The second kappa shape index (κ2) is 8.94. The Morgan fingerprint density at radius 2 is 1.73 bits per heavy atom. The number of likely N-dealkylation sites (N-methyl/N-ethyl adjacent to an activating group) is 1. The molecular weight excluding hydrogens is 458 g/mol. The number of H-pyrrole nitrogens is 1. The van der Waals surface area contributed by atoms with Crippen molar-refractivity contribution in [1.82, 2.24) is 24.8 Å². The van der Waals surface area contributed by atoms with Crippen molar-refractivity contribution in [2.75, 3.05) is 39.0 Å². The minimum atomic E-state index is 0.482. The molecule has 0 radical (unpaired) electrons. The first-order valence-corrected chi connectivity index (χ1v) is 13.2. The SMILES string of the molecule is CN1CCN(C2CC(c3[nH]c(-c4ccc5ccc(-c6ccccc6)nc5c4)c4c(N)ncc[n+]34)C2)CC1. The van der Waals surface area contributed by atoms with Crippen LogP contribution >= 0.6 is 0 Å². The van der Waals surface area contributed by atoms with Gasteiger partial charge in [0.05, 0.1) is 23.3 Å². The topological polar surface area (TPSA) is 78.2 Å². The fourth-order valence-electron chi connectivity index (χ4n) is 5.98. The van der Waals surface area contributed by atoms with Gasteiger partial charge in [0.2, 0.25) is 5.52 Å². The summed E-state index contributed by atoms with van der Waals surface area (Å²) < 4.78 is 2.22. The second-order valence-corrected chi connectivity index (χ2v) is 10.5. The van der Waals surface area contributed by atoms with Crippen LogP contribution in [0.3, 0.4) is 0 Å². The van der Waals surface area contributed by atoms with E-state index in [2.05, 4.69) is 73.7 Å². The van der Waals surface area contributed by atoms with E-state index in [9.17, 15) is 0 Å². The molecular formula is C30H32N7+. The number of nitrogen functional groups attached to an aromatic ring is 1. The largest absolute Gasteiger partial charge is 0.380 e. The van der Waals surface area contributed by atoms with E-state index in [1.54, 1.807) is 6.20 Å². The summed E-state index contributed by atoms with van der Waals surface area (Å²) in [5.74, 6) is 2.24. The van der Waals surface area contributed by atoms with Crippen molar-refractivity contribution < 1.29 is 4.40 Å². The van der Waals surface area contributed by atoms with Crippen LogP contribution in [0.4, 0.5) is 5.82 Å². The van der Waals surface area contributed by atoms with Gasteiger partial charge in [0.1, 0.15) is 6.20 Å². The van der Waals surface area contributed by atoms with Crippen LogP contribution in [-0.4, -0.2) is 64.0 Å². The Balaban J connectivity index is 1.24. The van der Waals surface area contributed by atoms with Crippen LogP contribution in [0, 0.1) is 0 Å². The average molecular weight is 491 g/mol. The van der Waals surface area contributed by atoms with Gasteiger partial charge in [0, 0.05) is 48.7 Å². The van der Waals surface area contributed by atoms with Crippen molar-refractivity contribution in [3.63, 3.8) is 0 Å². The molecule has 7 rings (SSSR count). The minimum absolute atomic E-state index is 0.482. The molecule has 0 spiro atoms. The van der Waals surface area contributed by atoms with Crippen LogP contribution < -0.4 is 10.1 Å². The smallest absolute Gasteiger partial charge is 0.263 e. The van der Waals surface area contributed by atoms with Crippen LogP contribution in [0.5, 0.6) is 0 Å². The van der Waals surface area contributed by atoms with Gasteiger partial charge in [-0.15, -0.1) is 0 Å². The molecule has 3 N–H and O–H groups in total. The summed E-state index contributed by atoms with van der Waals surface area (Å²) in [5.41, 5.74) is 12.5. The third-order valence-corrected chi connectivity index (χ3v) is 8.27. The molecule has 2 fully saturated rings. The summed E-state index contributed by atoms with van der Waals surface area (Å²) in [6.45, 7) is 4.67. The fraction of sp³-hybridized carbons (Fsp3) is 0.300. The zero-order valence-corrected chi connectivity index (χ0v) is 21.1. The van der Waals surface area contributed by atoms with Crippen LogP contribution in [0.25, 0.3) is 38.9 Å². The first-order valence-electron chi connectivity index (χ1n) is 13.2. The number of nitrogens with one attached hydrogen (secondary N) is 1. The molecule has 0 bridgehead atoms. The number of pyridine rings is 1. The number of hydrogen-bond donors (Lipinski definition) is 2. The summed E-state index contributed by atoms with van der Waals surface area (Å²) in [7, 11) is 2.22.